The zero-order valence-electron chi connectivity index (χ0n) is 12.1. The van der Waals surface area contributed by atoms with Gasteiger partial charge in [-0.1, -0.05) is 20.8 Å². The van der Waals surface area contributed by atoms with Crippen LogP contribution in [0.3, 0.4) is 0 Å². The Hall–Kier alpha value is -1.68. The topological polar surface area (TPSA) is 64.9 Å². The Morgan fingerprint density at radius 3 is 2.45 bits per heavy atom. The van der Waals surface area contributed by atoms with Gasteiger partial charge in [-0.15, -0.1) is 0 Å². The van der Waals surface area contributed by atoms with E-state index in [9.17, 15) is 0 Å². The maximum Gasteiger partial charge on any atom is 0.200 e. The molecule has 2 unspecified atom stereocenters. The van der Waals surface area contributed by atoms with Crippen molar-refractivity contribution in [2.24, 2.45) is 11.7 Å². The lowest BCUT2D eigenvalue weighted by Gasteiger charge is -2.12. The standard InChI is InChI=1S/C16H19N3O/c1-15(2,3)14-19-8-12(20-14)9-4-5-11(18-7-9)13-10-6-16(10,13)17/h4-5,7-8,10,13H,6,17H2,1-3H3/t10-,13?,16?/m1/s1. The molecule has 0 bridgehead atoms. The van der Waals surface area contributed by atoms with Crippen LogP contribution in [0.5, 0.6) is 0 Å². The Morgan fingerprint density at radius 1 is 1.25 bits per heavy atom. The quantitative estimate of drug-likeness (QED) is 0.910. The van der Waals surface area contributed by atoms with Gasteiger partial charge in [0.1, 0.15) is 0 Å². The number of aromatic nitrogens is 2. The van der Waals surface area contributed by atoms with Gasteiger partial charge in [0.05, 0.1) is 6.20 Å². The summed E-state index contributed by atoms with van der Waals surface area (Å²) in [5.41, 5.74) is 8.24. The highest BCUT2D eigenvalue weighted by Gasteiger charge is 2.77. The smallest absolute Gasteiger partial charge is 0.200 e. The third kappa shape index (κ3) is 1.64. The van der Waals surface area contributed by atoms with E-state index < -0.39 is 0 Å². The number of pyridine rings is 1. The average Bonchev–Trinajstić information content (AvgIpc) is 3.08. The molecule has 0 radical (unpaired) electrons. The molecule has 0 saturated heterocycles. The summed E-state index contributed by atoms with van der Waals surface area (Å²) in [5.74, 6) is 2.69. The van der Waals surface area contributed by atoms with E-state index in [2.05, 4.69) is 42.9 Å². The number of nitrogens with two attached hydrogens (primary N) is 1. The second kappa shape index (κ2) is 3.50. The van der Waals surface area contributed by atoms with Crippen molar-refractivity contribution in [3.8, 4) is 11.3 Å². The van der Waals surface area contributed by atoms with E-state index in [1.807, 2.05) is 6.20 Å². The molecule has 0 aliphatic heterocycles. The molecule has 2 N–H and O–H groups in total. The highest BCUT2D eigenvalue weighted by Crippen LogP contribution is 2.74. The molecule has 4 nitrogen and oxygen atoms in total. The molecular formula is C16H19N3O. The van der Waals surface area contributed by atoms with Gasteiger partial charge in [0.15, 0.2) is 11.7 Å². The number of nitrogens with zero attached hydrogens (tertiary/aromatic N) is 2. The van der Waals surface area contributed by atoms with E-state index in [1.54, 1.807) is 6.20 Å². The minimum absolute atomic E-state index is 0.0765. The van der Waals surface area contributed by atoms with Crippen LogP contribution in [0.15, 0.2) is 28.9 Å². The van der Waals surface area contributed by atoms with Crippen LogP contribution in [0.2, 0.25) is 0 Å². The maximum atomic E-state index is 6.15. The lowest BCUT2D eigenvalue weighted by atomic mass is 9.97. The Labute approximate surface area is 118 Å². The van der Waals surface area contributed by atoms with Crippen molar-refractivity contribution in [2.45, 2.75) is 44.1 Å². The van der Waals surface area contributed by atoms with E-state index in [-0.39, 0.29) is 11.0 Å². The third-order valence-electron chi connectivity index (χ3n) is 4.51. The van der Waals surface area contributed by atoms with Crippen molar-refractivity contribution >= 4 is 0 Å². The Balaban J connectivity index is 1.58. The normalized spacial score (nSPS) is 31.0. The van der Waals surface area contributed by atoms with Crippen LogP contribution in [0, 0.1) is 5.92 Å². The largest absolute Gasteiger partial charge is 0.440 e. The molecule has 20 heavy (non-hydrogen) atoms. The summed E-state index contributed by atoms with van der Waals surface area (Å²) >= 11 is 0. The molecule has 2 heterocycles. The van der Waals surface area contributed by atoms with Crippen molar-refractivity contribution in [1.82, 2.24) is 9.97 Å². The molecule has 2 aliphatic carbocycles. The summed E-state index contributed by atoms with van der Waals surface area (Å²) in [6.07, 6.45) is 4.80. The highest BCUT2D eigenvalue weighted by molar-refractivity contribution is 5.56. The van der Waals surface area contributed by atoms with Gasteiger partial charge in [-0.25, -0.2) is 4.98 Å². The van der Waals surface area contributed by atoms with E-state index in [0.717, 1.165) is 29.3 Å². The summed E-state index contributed by atoms with van der Waals surface area (Å²) in [5, 5.41) is 0. The fraction of sp³-hybridized carbons (Fsp3) is 0.500. The number of hydrogen-bond acceptors (Lipinski definition) is 4. The molecule has 2 saturated carbocycles. The SMILES string of the molecule is CC(C)(C)c1ncc(-c2ccc(C3[C@H]4CC34N)nc2)o1. The average molecular weight is 269 g/mol. The highest BCUT2D eigenvalue weighted by atomic mass is 16.4. The number of hydrogen-bond donors (Lipinski definition) is 1. The molecule has 104 valence electrons. The lowest BCUT2D eigenvalue weighted by Crippen LogP contribution is -2.15. The molecule has 2 aromatic heterocycles. The summed E-state index contributed by atoms with van der Waals surface area (Å²) in [7, 11) is 0. The van der Waals surface area contributed by atoms with Gasteiger partial charge >= 0.3 is 0 Å². The molecule has 4 heteroatoms. The molecule has 2 fully saturated rings. The van der Waals surface area contributed by atoms with Gasteiger partial charge in [-0.05, 0) is 24.5 Å². The van der Waals surface area contributed by atoms with Gasteiger partial charge < -0.3 is 10.2 Å². The van der Waals surface area contributed by atoms with Gasteiger partial charge in [-0.2, -0.15) is 0 Å². The second-order valence-electron chi connectivity index (χ2n) is 7.15. The molecule has 0 spiro atoms. The van der Waals surface area contributed by atoms with E-state index in [4.69, 9.17) is 10.2 Å². The summed E-state index contributed by atoms with van der Waals surface area (Å²) < 4.78 is 5.82. The lowest BCUT2D eigenvalue weighted by molar-refractivity contribution is 0.399. The van der Waals surface area contributed by atoms with Crippen molar-refractivity contribution in [3.63, 3.8) is 0 Å². The first kappa shape index (κ1) is 12.1. The van der Waals surface area contributed by atoms with Crippen molar-refractivity contribution in [3.05, 3.63) is 36.1 Å². The summed E-state index contributed by atoms with van der Waals surface area (Å²) in [6.45, 7) is 6.26. The Morgan fingerprint density at radius 2 is 2.00 bits per heavy atom. The summed E-state index contributed by atoms with van der Waals surface area (Å²) in [4.78, 5) is 8.90. The van der Waals surface area contributed by atoms with Crippen LogP contribution >= 0.6 is 0 Å². The van der Waals surface area contributed by atoms with E-state index in [0.29, 0.717) is 11.8 Å². The minimum Gasteiger partial charge on any atom is -0.440 e. The van der Waals surface area contributed by atoms with Gasteiger partial charge in [0.2, 0.25) is 0 Å². The van der Waals surface area contributed by atoms with Gasteiger partial charge in [-0.3, -0.25) is 4.98 Å². The fourth-order valence-corrected chi connectivity index (χ4v) is 2.92. The molecule has 2 aromatic rings. The molecule has 4 rings (SSSR count). The van der Waals surface area contributed by atoms with Crippen molar-refractivity contribution < 1.29 is 4.42 Å². The predicted octanol–water partition coefficient (Wildman–Crippen LogP) is 2.85. The zero-order chi connectivity index (χ0) is 14.1. The Kier molecular flexibility index (Phi) is 2.11. The first-order valence-corrected chi connectivity index (χ1v) is 7.11. The van der Waals surface area contributed by atoms with Crippen LogP contribution in [-0.2, 0) is 5.41 Å². The molecular weight excluding hydrogens is 250 g/mol. The first-order valence-electron chi connectivity index (χ1n) is 7.11. The van der Waals surface area contributed by atoms with E-state index in [1.165, 1.54) is 0 Å². The molecule has 0 amide bonds. The number of rotatable bonds is 2. The van der Waals surface area contributed by atoms with E-state index >= 15 is 0 Å². The van der Waals surface area contributed by atoms with Crippen LogP contribution in [0.1, 0.15) is 44.7 Å². The maximum absolute atomic E-state index is 6.15. The predicted molar refractivity (Wildman–Crippen MR) is 76.2 cm³/mol. The van der Waals surface area contributed by atoms with Crippen molar-refractivity contribution in [2.75, 3.05) is 0 Å². The summed E-state index contributed by atoms with van der Waals surface area (Å²) in [6, 6.07) is 4.12. The van der Waals surface area contributed by atoms with Crippen LogP contribution in [0.25, 0.3) is 11.3 Å². The molecule has 3 atom stereocenters. The fourth-order valence-electron chi connectivity index (χ4n) is 2.92. The molecule has 0 aromatic carbocycles. The van der Waals surface area contributed by atoms with Gasteiger partial charge in [0.25, 0.3) is 0 Å². The molecule has 2 aliphatic rings. The number of oxazole rings is 1. The van der Waals surface area contributed by atoms with Gasteiger partial charge in [0, 0.05) is 34.3 Å². The van der Waals surface area contributed by atoms with Crippen LogP contribution < -0.4 is 5.73 Å². The second-order valence-corrected chi connectivity index (χ2v) is 7.15. The zero-order valence-corrected chi connectivity index (χ0v) is 12.1. The van der Waals surface area contributed by atoms with Crippen LogP contribution in [-0.4, -0.2) is 15.5 Å². The number of fused-ring (bicyclic) bond motifs is 1. The first-order chi connectivity index (χ1) is 9.39. The Bertz CT molecular complexity index is 668. The van der Waals surface area contributed by atoms with Crippen LogP contribution in [0.4, 0.5) is 0 Å². The minimum atomic E-state index is -0.0765. The monoisotopic (exact) mass is 269 g/mol. The van der Waals surface area contributed by atoms with Crippen molar-refractivity contribution in [1.29, 1.82) is 0 Å². The third-order valence-corrected chi connectivity index (χ3v) is 4.51.